The number of hydrogen-bond donors (Lipinski definition) is 1. The zero-order valence-electron chi connectivity index (χ0n) is 19.4. The fraction of sp³-hybridized carbons (Fsp3) is 0.320. The highest BCUT2D eigenvalue weighted by Gasteiger charge is 2.48. The average molecular weight is 479 g/mol. The Kier molecular flexibility index (Phi) is 5.72. The lowest BCUT2D eigenvalue weighted by atomic mass is 9.93. The van der Waals surface area contributed by atoms with Gasteiger partial charge in [0.25, 0.3) is 5.91 Å². The number of amides is 2. The van der Waals surface area contributed by atoms with Gasteiger partial charge in [-0.3, -0.25) is 14.4 Å². The molecule has 2 aliphatic heterocycles. The van der Waals surface area contributed by atoms with Crippen LogP contribution in [0.1, 0.15) is 29.9 Å². The maximum atomic E-state index is 13.7. The van der Waals surface area contributed by atoms with E-state index in [4.69, 9.17) is 18.6 Å². The molecule has 1 unspecified atom stereocenters. The van der Waals surface area contributed by atoms with Crippen molar-refractivity contribution in [2.45, 2.75) is 32.5 Å². The van der Waals surface area contributed by atoms with Crippen molar-refractivity contribution >= 4 is 17.8 Å². The molecule has 4 heterocycles. The number of nitrogens with zero attached hydrogens (tertiary/aromatic N) is 2. The number of carbonyl (C=O) groups is 3. The first-order chi connectivity index (χ1) is 16.9. The van der Waals surface area contributed by atoms with Crippen LogP contribution in [-0.4, -0.2) is 52.7 Å². The van der Waals surface area contributed by atoms with Crippen molar-refractivity contribution in [2.24, 2.45) is 0 Å². The van der Waals surface area contributed by atoms with E-state index in [-0.39, 0.29) is 38.9 Å². The van der Waals surface area contributed by atoms with Crippen molar-refractivity contribution < 1.29 is 33.0 Å². The molecule has 0 saturated heterocycles. The maximum absolute atomic E-state index is 13.7. The van der Waals surface area contributed by atoms with E-state index >= 15 is 0 Å². The monoisotopic (exact) mass is 479 g/mol. The van der Waals surface area contributed by atoms with Crippen LogP contribution in [0.25, 0.3) is 11.5 Å². The molecule has 0 fully saturated rings. The first-order valence-electron chi connectivity index (χ1n) is 11.3. The highest BCUT2D eigenvalue weighted by molar-refractivity contribution is 6.01. The molecule has 0 radical (unpaired) electrons. The summed E-state index contributed by atoms with van der Waals surface area (Å²) in [4.78, 5) is 40.6. The van der Waals surface area contributed by atoms with Crippen molar-refractivity contribution in [1.29, 1.82) is 0 Å². The molecule has 0 aliphatic carbocycles. The van der Waals surface area contributed by atoms with E-state index in [1.807, 2.05) is 6.07 Å². The summed E-state index contributed by atoms with van der Waals surface area (Å²) in [6, 6.07) is 12.5. The minimum Gasteiger partial charge on any atom is -0.465 e. The van der Waals surface area contributed by atoms with Crippen LogP contribution in [0.3, 0.4) is 0 Å². The summed E-state index contributed by atoms with van der Waals surface area (Å²) in [6.07, 6.45) is 1.55. The zero-order chi connectivity index (χ0) is 24.6. The summed E-state index contributed by atoms with van der Waals surface area (Å²) >= 11 is 0. The van der Waals surface area contributed by atoms with E-state index in [0.29, 0.717) is 28.6 Å². The molecule has 2 aliphatic rings. The summed E-state index contributed by atoms with van der Waals surface area (Å²) in [6.45, 7) is 3.75. The fourth-order valence-electron chi connectivity index (χ4n) is 4.44. The van der Waals surface area contributed by atoms with E-state index in [0.717, 1.165) is 5.56 Å². The number of furan rings is 1. The summed E-state index contributed by atoms with van der Waals surface area (Å²) in [5, 5.41) is 2.64. The zero-order valence-corrected chi connectivity index (χ0v) is 19.4. The average Bonchev–Trinajstić information content (AvgIpc) is 3.60. The van der Waals surface area contributed by atoms with Crippen LogP contribution < -0.4 is 14.8 Å². The summed E-state index contributed by atoms with van der Waals surface area (Å²) < 4.78 is 23.1. The van der Waals surface area contributed by atoms with Gasteiger partial charge in [-0.1, -0.05) is 6.07 Å². The van der Waals surface area contributed by atoms with E-state index in [2.05, 4.69) is 5.32 Å². The van der Waals surface area contributed by atoms with Crippen molar-refractivity contribution in [3.63, 3.8) is 0 Å². The third-order valence-corrected chi connectivity index (χ3v) is 6.25. The van der Waals surface area contributed by atoms with Gasteiger partial charge in [-0.25, -0.2) is 0 Å². The first kappa shape index (κ1) is 22.6. The van der Waals surface area contributed by atoms with Gasteiger partial charge in [0.1, 0.15) is 23.5 Å². The number of rotatable bonds is 7. The Hall–Kier alpha value is -4.21. The van der Waals surface area contributed by atoms with Crippen molar-refractivity contribution in [2.75, 3.05) is 19.9 Å². The lowest BCUT2D eigenvalue weighted by Gasteiger charge is -2.44. The van der Waals surface area contributed by atoms with Crippen molar-refractivity contribution in [3.05, 3.63) is 60.0 Å². The molecule has 35 heavy (non-hydrogen) atoms. The van der Waals surface area contributed by atoms with Gasteiger partial charge in [0.2, 0.25) is 12.7 Å². The summed E-state index contributed by atoms with van der Waals surface area (Å²) in [5.74, 6) is 0.466. The third-order valence-electron chi connectivity index (χ3n) is 6.25. The Morgan fingerprint density at radius 2 is 1.91 bits per heavy atom. The van der Waals surface area contributed by atoms with Gasteiger partial charge in [0.15, 0.2) is 11.5 Å². The van der Waals surface area contributed by atoms with E-state index in [9.17, 15) is 14.4 Å². The highest BCUT2D eigenvalue weighted by atomic mass is 16.7. The van der Waals surface area contributed by atoms with Gasteiger partial charge in [-0.2, -0.15) is 0 Å². The lowest BCUT2D eigenvalue weighted by Crippen LogP contribution is -2.64. The predicted octanol–water partition coefficient (Wildman–Crippen LogP) is 2.57. The SMILES string of the molecule is CCOC(=O)CNC(=O)C1(C)Cn2c(ccc2-c2ccco2)C(=O)N1Cc1ccc2c(c1)OCO2. The molecule has 2 amide bonds. The number of ether oxygens (including phenoxy) is 3. The van der Waals surface area contributed by atoms with Gasteiger partial charge in [-0.15, -0.1) is 0 Å². The van der Waals surface area contributed by atoms with Gasteiger partial charge in [0, 0.05) is 6.54 Å². The Bertz CT molecular complexity index is 1280. The van der Waals surface area contributed by atoms with Gasteiger partial charge in [0.05, 0.1) is 25.1 Å². The standard InChI is InChI=1S/C25H25N3O7/c1-3-32-22(29)12-26-24(31)25(2)14-27-17(19-5-4-10-33-19)7-8-18(27)23(30)28(25)13-16-6-9-20-21(11-16)35-15-34-20/h4-11H,3,12-15H2,1-2H3,(H,26,31). The molecule has 2 aromatic heterocycles. The number of nitrogens with one attached hydrogen (secondary N) is 1. The van der Waals surface area contributed by atoms with Gasteiger partial charge in [-0.05, 0) is 55.8 Å². The molecule has 5 rings (SSSR count). The molecule has 182 valence electrons. The van der Waals surface area contributed by atoms with Crippen LogP contribution in [-0.2, 0) is 27.4 Å². The van der Waals surface area contributed by atoms with Crippen LogP contribution in [0.5, 0.6) is 11.5 Å². The molecule has 3 aromatic rings. The largest absolute Gasteiger partial charge is 0.465 e. The van der Waals surface area contributed by atoms with Crippen molar-refractivity contribution in [1.82, 2.24) is 14.8 Å². The number of fused-ring (bicyclic) bond motifs is 2. The topological polar surface area (TPSA) is 112 Å². The van der Waals surface area contributed by atoms with E-state index in [1.54, 1.807) is 61.1 Å². The van der Waals surface area contributed by atoms with Crippen molar-refractivity contribution in [3.8, 4) is 23.0 Å². The molecule has 1 N–H and O–H groups in total. The second kappa shape index (κ2) is 8.86. The molecular formula is C25H25N3O7. The van der Waals surface area contributed by atoms with E-state index in [1.165, 1.54) is 4.90 Å². The minimum atomic E-state index is -1.31. The van der Waals surface area contributed by atoms with Crippen LogP contribution >= 0.6 is 0 Å². The molecule has 1 aromatic carbocycles. The number of carbonyl (C=O) groups excluding carboxylic acids is 3. The number of aromatic nitrogens is 1. The molecule has 0 bridgehead atoms. The van der Waals surface area contributed by atoms with Gasteiger partial charge < -0.3 is 33.4 Å². The summed E-state index contributed by atoms with van der Waals surface area (Å²) in [7, 11) is 0. The van der Waals surface area contributed by atoms with Crippen LogP contribution in [0.2, 0.25) is 0 Å². The normalized spacial score (nSPS) is 18.3. The Morgan fingerprint density at radius 1 is 1.11 bits per heavy atom. The first-order valence-corrected chi connectivity index (χ1v) is 11.3. The summed E-state index contributed by atoms with van der Waals surface area (Å²) in [5.41, 5.74) is 0.587. The minimum absolute atomic E-state index is 0.137. The van der Waals surface area contributed by atoms with Crippen LogP contribution in [0.4, 0.5) is 0 Å². The fourth-order valence-corrected chi connectivity index (χ4v) is 4.44. The van der Waals surface area contributed by atoms with Crippen LogP contribution in [0.15, 0.2) is 53.1 Å². The maximum Gasteiger partial charge on any atom is 0.325 e. The lowest BCUT2D eigenvalue weighted by molar-refractivity contribution is -0.145. The molecule has 10 nitrogen and oxygen atoms in total. The molecule has 0 saturated carbocycles. The molecular weight excluding hydrogens is 454 g/mol. The van der Waals surface area contributed by atoms with E-state index < -0.39 is 17.4 Å². The number of hydrogen-bond acceptors (Lipinski definition) is 7. The second-order valence-electron chi connectivity index (χ2n) is 8.51. The molecule has 10 heteroatoms. The second-order valence-corrected chi connectivity index (χ2v) is 8.51. The Labute approximate surface area is 201 Å². The highest BCUT2D eigenvalue weighted by Crippen LogP contribution is 2.36. The quantitative estimate of drug-likeness (QED) is 0.519. The molecule has 0 spiro atoms. The Balaban J connectivity index is 1.50. The smallest absolute Gasteiger partial charge is 0.325 e. The third kappa shape index (κ3) is 4.01. The Morgan fingerprint density at radius 3 is 2.69 bits per heavy atom. The van der Waals surface area contributed by atoms with Gasteiger partial charge >= 0.3 is 5.97 Å². The number of esters is 1. The van der Waals surface area contributed by atoms with Crippen LogP contribution in [0, 0.1) is 0 Å². The number of benzene rings is 1. The predicted molar refractivity (Wildman–Crippen MR) is 123 cm³/mol. The molecule has 1 atom stereocenters.